The minimum atomic E-state index is -0.187. The smallest absolute Gasteiger partial charge is 0.263 e. The molecule has 2 N–H and O–H groups in total. The molecular formula is C10H10N2O2S2. The zero-order valence-corrected chi connectivity index (χ0v) is 9.98. The number of thiazole rings is 1. The predicted molar refractivity (Wildman–Crippen MR) is 64.8 cm³/mol. The first-order valence-electron chi connectivity index (χ1n) is 4.68. The molecule has 0 fully saturated rings. The Bertz CT molecular complexity index is 465. The fraction of sp³-hybridized carbons (Fsp3) is 0.200. The van der Waals surface area contributed by atoms with Crippen LogP contribution in [0.25, 0.3) is 10.6 Å². The number of thiophene rings is 1. The second-order valence-electron chi connectivity index (χ2n) is 3.02. The summed E-state index contributed by atoms with van der Waals surface area (Å²) in [6, 6.07) is 1.97. The molecule has 0 spiro atoms. The lowest BCUT2D eigenvalue weighted by atomic mass is 10.4. The molecule has 2 aromatic rings. The molecule has 0 bridgehead atoms. The average molecular weight is 254 g/mol. The Labute approximate surface area is 101 Å². The van der Waals surface area contributed by atoms with Gasteiger partial charge in [-0.1, -0.05) is 0 Å². The van der Waals surface area contributed by atoms with Crippen molar-refractivity contribution in [2.75, 3.05) is 13.2 Å². The van der Waals surface area contributed by atoms with Crippen molar-refractivity contribution in [3.63, 3.8) is 0 Å². The van der Waals surface area contributed by atoms with Crippen LogP contribution in [0, 0.1) is 0 Å². The number of nitrogens with one attached hydrogen (secondary N) is 1. The number of aliphatic hydroxyl groups excluding tert-OH is 1. The molecule has 84 valence electrons. The van der Waals surface area contributed by atoms with E-state index in [9.17, 15) is 4.79 Å². The van der Waals surface area contributed by atoms with E-state index in [0.717, 1.165) is 10.6 Å². The summed E-state index contributed by atoms with van der Waals surface area (Å²) in [5, 5.41) is 16.0. The number of rotatable bonds is 4. The van der Waals surface area contributed by atoms with E-state index in [0.29, 0.717) is 4.88 Å². The fourth-order valence-corrected chi connectivity index (χ4v) is 2.70. The summed E-state index contributed by atoms with van der Waals surface area (Å²) in [6.07, 6.45) is 1.56. The van der Waals surface area contributed by atoms with Crippen LogP contribution in [-0.2, 0) is 0 Å². The summed E-state index contributed by atoms with van der Waals surface area (Å²) in [7, 11) is 0. The van der Waals surface area contributed by atoms with Crippen LogP contribution in [0.3, 0.4) is 0 Å². The highest BCUT2D eigenvalue weighted by atomic mass is 32.1. The van der Waals surface area contributed by atoms with Gasteiger partial charge in [-0.05, 0) is 11.4 Å². The van der Waals surface area contributed by atoms with E-state index < -0.39 is 0 Å². The molecule has 0 atom stereocenters. The van der Waals surface area contributed by atoms with Crippen LogP contribution < -0.4 is 5.32 Å². The van der Waals surface area contributed by atoms with E-state index in [2.05, 4.69) is 10.3 Å². The van der Waals surface area contributed by atoms with Gasteiger partial charge < -0.3 is 10.4 Å². The molecule has 16 heavy (non-hydrogen) atoms. The average Bonchev–Trinajstić information content (AvgIpc) is 2.94. The zero-order valence-electron chi connectivity index (χ0n) is 8.34. The molecule has 6 heteroatoms. The molecule has 1 amide bonds. The van der Waals surface area contributed by atoms with Gasteiger partial charge in [-0.25, -0.2) is 4.98 Å². The predicted octanol–water partition coefficient (Wildman–Crippen LogP) is 1.59. The van der Waals surface area contributed by atoms with E-state index in [1.165, 1.54) is 11.3 Å². The molecule has 2 aromatic heterocycles. The number of aromatic nitrogens is 1. The Morgan fingerprint density at radius 3 is 3.12 bits per heavy atom. The minimum absolute atomic E-state index is 0.0536. The molecular weight excluding hydrogens is 244 g/mol. The normalized spacial score (nSPS) is 10.3. The third-order valence-electron chi connectivity index (χ3n) is 1.89. The number of hydrogen-bond acceptors (Lipinski definition) is 5. The Hall–Kier alpha value is -1.24. The van der Waals surface area contributed by atoms with Crippen molar-refractivity contribution in [1.29, 1.82) is 0 Å². The molecule has 0 saturated carbocycles. The number of nitrogens with zero attached hydrogens (tertiary/aromatic N) is 1. The molecule has 0 saturated heterocycles. The molecule has 0 aliphatic carbocycles. The zero-order chi connectivity index (χ0) is 11.4. The van der Waals surface area contributed by atoms with E-state index in [-0.39, 0.29) is 19.1 Å². The second-order valence-corrected chi connectivity index (χ2v) is 4.83. The van der Waals surface area contributed by atoms with E-state index in [4.69, 9.17) is 5.11 Å². The van der Waals surface area contributed by atoms with Gasteiger partial charge in [0.25, 0.3) is 5.91 Å². The van der Waals surface area contributed by atoms with Gasteiger partial charge in [-0.2, -0.15) is 11.3 Å². The van der Waals surface area contributed by atoms with Crippen LogP contribution in [0.5, 0.6) is 0 Å². The van der Waals surface area contributed by atoms with Gasteiger partial charge in [0.2, 0.25) is 0 Å². The lowest BCUT2D eigenvalue weighted by Gasteiger charge is -1.98. The second kappa shape index (κ2) is 5.20. The van der Waals surface area contributed by atoms with Crippen molar-refractivity contribution < 1.29 is 9.90 Å². The summed E-state index contributed by atoms with van der Waals surface area (Å²) in [5.74, 6) is -0.187. The summed E-state index contributed by atoms with van der Waals surface area (Å²) in [4.78, 5) is 16.3. The third-order valence-corrected chi connectivity index (χ3v) is 3.62. The van der Waals surface area contributed by atoms with E-state index in [1.54, 1.807) is 17.5 Å². The molecule has 4 nitrogen and oxygen atoms in total. The van der Waals surface area contributed by atoms with Crippen molar-refractivity contribution in [3.05, 3.63) is 27.9 Å². The van der Waals surface area contributed by atoms with Crippen LogP contribution in [-0.4, -0.2) is 29.1 Å². The quantitative estimate of drug-likeness (QED) is 0.871. The van der Waals surface area contributed by atoms with Crippen LogP contribution in [0.15, 0.2) is 23.0 Å². The maximum absolute atomic E-state index is 11.5. The van der Waals surface area contributed by atoms with Gasteiger partial charge in [0.1, 0.15) is 9.88 Å². The van der Waals surface area contributed by atoms with Gasteiger partial charge in [-0.15, -0.1) is 11.3 Å². The highest BCUT2D eigenvalue weighted by Crippen LogP contribution is 2.26. The summed E-state index contributed by atoms with van der Waals surface area (Å²) >= 11 is 2.95. The van der Waals surface area contributed by atoms with Crippen molar-refractivity contribution in [2.24, 2.45) is 0 Å². The Balaban J connectivity index is 2.11. The maximum Gasteiger partial charge on any atom is 0.263 e. The van der Waals surface area contributed by atoms with Crippen molar-refractivity contribution >= 4 is 28.6 Å². The maximum atomic E-state index is 11.5. The Morgan fingerprint density at radius 2 is 2.44 bits per heavy atom. The topological polar surface area (TPSA) is 62.2 Å². The van der Waals surface area contributed by atoms with Gasteiger partial charge >= 0.3 is 0 Å². The van der Waals surface area contributed by atoms with E-state index in [1.807, 2.05) is 16.8 Å². The molecule has 2 rings (SSSR count). The summed E-state index contributed by atoms with van der Waals surface area (Å²) in [6.45, 7) is 0.215. The number of amides is 1. The van der Waals surface area contributed by atoms with Crippen LogP contribution in [0.1, 0.15) is 9.67 Å². The lowest BCUT2D eigenvalue weighted by molar-refractivity contribution is 0.0948. The monoisotopic (exact) mass is 254 g/mol. The number of aliphatic hydroxyl groups is 1. The highest BCUT2D eigenvalue weighted by molar-refractivity contribution is 7.17. The summed E-state index contributed by atoms with van der Waals surface area (Å²) in [5.41, 5.74) is 1.04. The van der Waals surface area contributed by atoms with Crippen LogP contribution in [0.2, 0.25) is 0 Å². The first kappa shape index (κ1) is 11.3. The fourth-order valence-electron chi connectivity index (χ4n) is 1.16. The first-order valence-corrected chi connectivity index (χ1v) is 6.44. The van der Waals surface area contributed by atoms with Crippen molar-refractivity contribution in [2.45, 2.75) is 0 Å². The molecule has 0 aromatic carbocycles. The van der Waals surface area contributed by atoms with Gasteiger partial charge in [0, 0.05) is 17.5 Å². The van der Waals surface area contributed by atoms with Gasteiger partial charge in [0.05, 0.1) is 12.8 Å². The van der Waals surface area contributed by atoms with Crippen LogP contribution >= 0.6 is 22.7 Å². The Morgan fingerprint density at radius 1 is 1.56 bits per heavy atom. The van der Waals surface area contributed by atoms with Crippen molar-refractivity contribution in [3.8, 4) is 10.6 Å². The standard InChI is InChI=1S/C10H10N2O2S2/c13-3-2-11-9(14)8-5-12-10(16-8)7-1-4-15-6-7/h1,4-6,13H,2-3H2,(H,11,14). The number of hydrogen-bond donors (Lipinski definition) is 2. The molecule has 0 aliphatic rings. The van der Waals surface area contributed by atoms with Crippen LogP contribution in [0.4, 0.5) is 0 Å². The number of carbonyl (C=O) groups excluding carboxylic acids is 1. The van der Waals surface area contributed by atoms with E-state index >= 15 is 0 Å². The SMILES string of the molecule is O=C(NCCO)c1cnc(-c2ccsc2)s1. The Kier molecular flexibility index (Phi) is 3.66. The summed E-state index contributed by atoms with van der Waals surface area (Å²) < 4.78 is 0. The largest absolute Gasteiger partial charge is 0.395 e. The minimum Gasteiger partial charge on any atom is -0.395 e. The van der Waals surface area contributed by atoms with Gasteiger partial charge in [0.15, 0.2) is 0 Å². The highest BCUT2D eigenvalue weighted by Gasteiger charge is 2.10. The molecule has 0 unspecified atom stereocenters. The molecule has 0 aliphatic heterocycles. The van der Waals surface area contributed by atoms with Gasteiger partial charge in [-0.3, -0.25) is 4.79 Å². The third kappa shape index (κ3) is 2.46. The van der Waals surface area contributed by atoms with Crippen molar-refractivity contribution in [1.82, 2.24) is 10.3 Å². The molecule has 0 radical (unpaired) electrons. The lowest BCUT2D eigenvalue weighted by Crippen LogP contribution is -2.25. The number of carbonyl (C=O) groups is 1. The molecule has 2 heterocycles. The first-order chi connectivity index (χ1) is 7.81.